The lowest BCUT2D eigenvalue weighted by Crippen LogP contribution is -2.43. The first-order valence-electron chi connectivity index (χ1n) is 11.9. The van der Waals surface area contributed by atoms with Crippen LogP contribution in [0.15, 0.2) is 75.4 Å². The third-order valence-electron chi connectivity index (χ3n) is 6.18. The molecule has 0 aliphatic carbocycles. The molecule has 1 saturated heterocycles. The van der Waals surface area contributed by atoms with Crippen molar-refractivity contribution in [2.24, 2.45) is 10.1 Å². The van der Waals surface area contributed by atoms with Crippen molar-refractivity contribution in [3.05, 3.63) is 71.4 Å². The lowest BCUT2D eigenvalue weighted by Gasteiger charge is -2.41. The summed E-state index contributed by atoms with van der Waals surface area (Å²) >= 11 is 0. The fourth-order valence-electron chi connectivity index (χ4n) is 4.43. The van der Waals surface area contributed by atoms with Crippen LogP contribution in [0, 0.1) is 0 Å². The van der Waals surface area contributed by atoms with Crippen LogP contribution >= 0.6 is 10.2 Å². The van der Waals surface area contributed by atoms with Gasteiger partial charge in [0.25, 0.3) is 0 Å². The molecule has 2 aliphatic rings. The van der Waals surface area contributed by atoms with E-state index in [9.17, 15) is 19.4 Å². The number of methoxy groups -OCH3 is 1. The van der Waals surface area contributed by atoms with Crippen LogP contribution in [0.5, 0.6) is 5.75 Å². The Balaban J connectivity index is 1.57. The fourth-order valence-corrected chi connectivity index (χ4v) is 5.08. The van der Waals surface area contributed by atoms with Gasteiger partial charge in [-0.15, -0.1) is 0 Å². The normalized spacial score (nSPS) is 21.1. The fraction of sp³-hybridized carbons (Fsp3) is 0.308. The number of hydrogen-bond donors (Lipinski definition) is 0. The van der Waals surface area contributed by atoms with Crippen LogP contribution in [0.1, 0.15) is 37.0 Å². The van der Waals surface area contributed by atoms with Gasteiger partial charge in [0.2, 0.25) is 0 Å². The molecule has 2 aliphatic heterocycles. The number of benzene rings is 2. The van der Waals surface area contributed by atoms with Crippen molar-refractivity contribution in [1.82, 2.24) is 4.90 Å². The van der Waals surface area contributed by atoms with Gasteiger partial charge in [-0.3, -0.25) is 4.99 Å². The molecule has 0 amide bonds. The Morgan fingerprint density at radius 2 is 1.87 bits per heavy atom. The third kappa shape index (κ3) is 6.12. The highest BCUT2D eigenvalue weighted by Gasteiger charge is 2.65. The van der Waals surface area contributed by atoms with Gasteiger partial charge in [-0.05, 0) is 66.8 Å². The molecular formula is C26H29F5N4O2S. The number of anilines is 1. The summed E-state index contributed by atoms with van der Waals surface area (Å²) in [6, 6.07) is 8.65. The van der Waals surface area contributed by atoms with Gasteiger partial charge in [-0.1, -0.05) is 48.9 Å². The van der Waals surface area contributed by atoms with Crippen molar-refractivity contribution < 1.29 is 29.0 Å². The number of nitrogens with zero attached hydrogens (tertiary/aromatic N) is 4. The number of amidine groups is 1. The second-order valence-electron chi connectivity index (χ2n) is 8.96. The molecule has 4 rings (SSSR count). The van der Waals surface area contributed by atoms with E-state index in [1.807, 2.05) is 53.3 Å². The van der Waals surface area contributed by atoms with Crippen LogP contribution in [0.2, 0.25) is 0 Å². The Labute approximate surface area is 218 Å². The van der Waals surface area contributed by atoms with Crippen LogP contribution in [-0.4, -0.2) is 44.3 Å². The Morgan fingerprint density at radius 1 is 1.13 bits per heavy atom. The molecule has 6 nitrogen and oxygen atoms in total. The summed E-state index contributed by atoms with van der Waals surface area (Å²) in [6.45, 7) is 2.94. The van der Waals surface area contributed by atoms with Gasteiger partial charge < -0.3 is 19.4 Å². The molecule has 1 unspecified atom stereocenters. The number of fused-ring (bicyclic) bond motifs is 1. The van der Waals surface area contributed by atoms with Gasteiger partial charge in [0.1, 0.15) is 10.6 Å². The summed E-state index contributed by atoms with van der Waals surface area (Å²) in [6.07, 6.45) is 8.38. The maximum absolute atomic E-state index is 13.1. The van der Waals surface area contributed by atoms with Gasteiger partial charge >= 0.3 is 10.2 Å². The summed E-state index contributed by atoms with van der Waals surface area (Å²) in [5.74, 6) is 1.30. The molecule has 0 N–H and O–H groups in total. The molecule has 0 aromatic heterocycles. The SMILES string of the molecule is C/C=C/N(C=NC)c1ccc(/C=C2\CCCN3CC(c4ccc(S(F)(F)(F)(F)F)cc4)ON=C23)cc1OC. The first kappa shape index (κ1) is 27.5. The highest BCUT2D eigenvalue weighted by Crippen LogP contribution is 3.02. The lowest BCUT2D eigenvalue weighted by molar-refractivity contribution is 0.0183. The molecule has 2 aromatic rings. The van der Waals surface area contributed by atoms with Crippen molar-refractivity contribution in [1.29, 1.82) is 0 Å². The summed E-state index contributed by atoms with van der Waals surface area (Å²) in [5, 5.41) is 4.27. The van der Waals surface area contributed by atoms with Crippen LogP contribution < -0.4 is 9.64 Å². The van der Waals surface area contributed by atoms with Gasteiger partial charge in [0.05, 0.1) is 25.7 Å². The number of ether oxygens (including phenoxy) is 1. The van der Waals surface area contributed by atoms with Crippen LogP contribution in [-0.2, 0) is 4.84 Å². The Morgan fingerprint density at radius 3 is 2.50 bits per heavy atom. The van der Waals surface area contributed by atoms with E-state index in [1.165, 1.54) is 0 Å². The van der Waals surface area contributed by atoms with E-state index in [0.29, 0.717) is 42.4 Å². The predicted molar refractivity (Wildman–Crippen MR) is 143 cm³/mol. The molecule has 0 spiro atoms. The van der Waals surface area contributed by atoms with Crippen molar-refractivity contribution in [2.45, 2.75) is 30.8 Å². The number of halogens is 5. The van der Waals surface area contributed by atoms with E-state index >= 15 is 0 Å². The summed E-state index contributed by atoms with van der Waals surface area (Å²) < 4.78 is 70.9. The van der Waals surface area contributed by atoms with Gasteiger partial charge in [0, 0.05) is 19.8 Å². The first-order valence-corrected chi connectivity index (χ1v) is 13.8. The quantitative estimate of drug-likeness (QED) is 0.198. The standard InChI is InChI=1S/C26H29F5N4O2S/c1-4-13-35(18-32-2)23-12-7-19(16-24(23)36-3)15-21-6-5-14-34-17-25(37-33-26(21)34)20-8-10-22(11-9-20)38(27,28,29,30)31/h4,7-13,15-16,18,25H,5-6,14,17H2,1-3H3/b13-4+,21-15+,32-18?. The zero-order valence-electron chi connectivity index (χ0n) is 21.2. The minimum atomic E-state index is -9.73. The monoisotopic (exact) mass is 556 g/mol. The number of piperidine rings is 1. The lowest BCUT2D eigenvalue weighted by atomic mass is 9.98. The van der Waals surface area contributed by atoms with Gasteiger partial charge in [-0.25, -0.2) is 0 Å². The number of hydrogen-bond acceptors (Lipinski definition) is 5. The number of allylic oxidation sites excluding steroid dienone is 1. The van der Waals surface area contributed by atoms with E-state index in [2.05, 4.69) is 10.1 Å². The summed E-state index contributed by atoms with van der Waals surface area (Å²) in [5.41, 5.74) is 3.01. The minimum Gasteiger partial charge on any atom is -0.495 e. The molecule has 206 valence electrons. The predicted octanol–water partition coefficient (Wildman–Crippen LogP) is 7.91. The average molecular weight is 557 g/mol. The zero-order valence-corrected chi connectivity index (χ0v) is 22.0. The first-order chi connectivity index (χ1) is 17.8. The molecule has 0 saturated carbocycles. The number of aliphatic imine (C=N–C) groups is 1. The maximum Gasteiger partial charge on any atom is 0.310 e. The molecule has 2 aromatic carbocycles. The third-order valence-corrected chi connectivity index (χ3v) is 7.35. The van der Waals surface area contributed by atoms with Crippen molar-refractivity contribution in [3.63, 3.8) is 0 Å². The molecule has 1 atom stereocenters. The smallest absolute Gasteiger partial charge is 0.310 e. The van der Waals surface area contributed by atoms with E-state index in [4.69, 9.17) is 9.57 Å². The zero-order chi connectivity index (χ0) is 27.6. The second-order valence-corrected chi connectivity index (χ2v) is 11.4. The molecule has 38 heavy (non-hydrogen) atoms. The number of oxime groups is 1. The topological polar surface area (TPSA) is 49.7 Å². The Hall–Kier alpha value is -3.54. The number of rotatable bonds is 7. The Kier molecular flexibility index (Phi) is 6.98. The van der Waals surface area contributed by atoms with Crippen molar-refractivity contribution >= 4 is 34.2 Å². The summed E-state index contributed by atoms with van der Waals surface area (Å²) in [4.78, 5) is 11.6. The minimum absolute atomic E-state index is 0.336. The van der Waals surface area contributed by atoms with Gasteiger partial charge in [-0.2, -0.15) is 0 Å². The molecular weight excluding hydrogens is 527 g/mol. The molecule has 2 heterocycles. The van der Waals surface area contributed by atoms with Crippen molar-refractivity contribution in [3.8, 4) is 5.75 Å². The highest BCUT2D eigenvalue weighted by atomic mass is 32.5. The van der Waals surface area contributed by atoms with E-state index in [1.54, 1.807) is 20.5 Å². The van der Waals surface area contributed by atoms with E-state index in [-0.39, 0.29) is 0 Å². The second kappa shape index (κ2) is 9.64. The van der Waals surface area contributed by atoms with Crippen LogP contribution in [0.4, 0.5) is 25.1 Å². The largest absolute Gasteiger partial charge is 0.495 e. The molecule has 0 radical (unpaired) electrons. The average Bonchev–Trinajstić information content (AvgIpc) is 2.87. The molecule has 12 heteroatoms. The highest BCUT2D eigenvalue weighted by molar-refractivity contribution is 8.45. The van der Waals surface area contributed by atoms with E-state index < -0.39 is 21.2 Å². The van der Waals surface area contributed by atoms with E-state index in [0.717, 1.165) is 41.8 Å². The molecule has 1 fully saturated rings. The van der Waals surface area contributed by atoms with Crippen LogP contribution in [0.3, 0.4) is 0 Å². The molecule has 0 bridgehead atoms. The Bertz CT molecular complexity index is 1300. The maximum atomic E-state index is 13.1. The van der Waals surface area contributed by atoms with Crippen molar-refractivity contribution in [2.75, 3.05) is 32.1 Å². The van der Waals surface area contributed by atoms with Crippen LogP contribution in [0.25, 0.3) is 6.08 Å². The van der Waals surface area contributed by atoms with Gasteiger partial charge in [0.15, 0.2) is 11.9 Å². The summed E-state index contributed by atoms with van der Waals surface area (Å²) in [7, 11) is -6.44.